The van der Waals surface area contributed by atoms with Crippen LogP contribution in [0.3, 0.4) is 0 Å². The van der Waals surface area contributed by atoms with Crippen LogP contribution in [-0.2, 0) is 6.54 Å². The molecule has 0 saturated heterocycles. The van der Waals surface area contributed by atoms with Crippen LogP contribution in [0, 0.1) is 0 Å². The smallest absolute Gasteiger partial charge is 0.457 e. The predicted molar refractivity (Wildman–Crippen MR) is 118 cm³/mol. The normalized spacial score (nSPS) is 13.8. The molecule has 36 heavy (non-hydrogen) atoms. The summed E-state index contributed by atoms with van der Waals surface area (Å²) in [6.45, 7) is -0.138. The summed E-state index contributed by atoms with van der Waals surface area (Å²) < 4.78 is 103. The maximum atomic E-state index is 13.8. The van der Waals surface area contributed by atoms with Crippen molar-refractivity contribution in [2.45, 2.75) is 37.9 Å². The summed E-state index contributed by atoms with van der Waals surface area (Å²) in [6.07, 6.45) is -14.1. The van der Waals surface area contributed by atoms with Crippen LogP contribution in [0.25, 0.3) is 0 Å². The summed E-state index contributed by atoms with van der Waals surface area (Å²) in [5, 5.41) is 10.5. The molecule has 0 amide bonds. The lowest BCUT2D eigenvalue weighted by Crippen LogP contribution is -2.56. The molecule has 0 aliphatic carbocycles. The van der Waals surface area contributed by atoms with Crippen molar-refractivity contribution >= 4 is 11.4 Å². The van der Waals surface area contributed by atoms with Crippen molar-refractivity contribution in [1.29, 1.82) is 0 Å². The third-order valence-electron chi connectivity index (χ3n) is 5.05. The Morgan fingerprint density at radius 2 is 1.47 bits per heavy atom. The lowest BCUT2D eigenvalue weighted by atomic mass is 10.1. The number of halogens is 7. The van der Waals surface area contributed by atoms with Gasteiger partial charge in [-0.05, 0) is 61.0 Å². The molecule has 1 atom stereocenters. The fraction of sp³-hybridized carbons (Fsp3) is 0.250. The molecule has 12 heteroatoms. The highest BCUT2D eigenvalue weighted by Crippen LogP contribution is 2.39. The van der Waals surface area contributed by atoms with E-state index >= 15 is 0 Å². The van der Waals surface area contributed by atoms with Gasteiger partial charge in [0.25, 0.3) is 0 Å². The van der Waals surface area contributed by atoms with Crippen LogP contribution in [0.4, 0.5) is 42.1 Å². The molecule has 1 unspecified atom stereocenters. The molecule has 0 heterocycles. The van der Waals surface area contributed by atoms with Crippen molar-refractivity contribution in [3.8, 4) is 17.2 Å². The minimum atomic E-state index is -5.14. The average molecular weight is 518 g/mol. The second-order valence-corrected chi connectivity index (χ2v) is 7.89. The zero-order valence-electron chi connectivity index (χ0n) is 18.6. The summed E-state index contributed by atoms with van der Waals surface area (Å²) >= 11 is 0. The van der Waals surface area contributed by atoms with Gasteiger partial charge in [-0.1, -0.05) is 18.2 Å². The van der Waals surface area contributed by atoms with E-state index in [1.165, 1.54) is 30.3 Å². The van der Waals surface area contributed by atoms with Crippen molar-refractivity contribution in [3.05, 3.63) is 78.4 Å². The molecule has 3 aromatic carbocycles. The summed E-state index contributed by atoms with van der Waals surface area (Å²) in [5.41, 5.74) is 2.51. The van der Waals surface area contributed by atoms with Crippen molar-refractivity contribution in [1.82, 2.24) is 0 Å². The number of benzene rings is 3. The second kappa shape index (κ2) is 10.1. The topological polar surface area (TPSA) is 68.0 Å². The number of anilines is 2. The van der Waals surface area contributed by atoms with Gasteiger partial charge in [0.05, 0.1) is 0 Å². The first kappa shape index (κ1) is 26.9. The van der Waals surface area contributed by atoms with Gasteiger partial charge in [-0.25, -0.2) is 0 Å². The molecular weight excluding hydrogens is 497 g/mol. The van der Waals surface area contributed by atoms with Gasteiger partial charge in [0.2, 0.25) is 5.72 Å². The highest BCUT2D eigenvalue weighted by Gasteiger charge is 2.54. The van der Waals surface area contributed by atoms with Gasteiger partial charge < -0.3 is 25.2 Å². The molecule has 194 valence electrons. The summed E-state index contributed by atoms with van der Waals surface area (Å²) in [6, 6.07) is 15.8. The third-order valence-corrected chi connectivity index (χ3v) is 5.05. The van der Waals surface area contributed by atoms with Crippen LogP contribution in [0.15, 0.2) is 72.8 Å². The Hall–Kier alpha value is -3.67. The van der Waals surface area contributed by atoms with E-state index in [0.717, 1.165) is 18.2 Å². The first-order valence-corrected chi connectivity index (χ1v) is 10.3. The van der Waals surface area contributed by atoms with Crippen molar-refractivity contribution < 1.29 is 45.3 Å². The monoisotopic (exact) mass is 518 g/mol. The Morgan fingerprint density at radius 1 is 0.861 bits per heavy atom. The molecule has 0 aromatic heterocycles. The predicted octanol–water partition coefficient (Wildman–Crippen LogP) is 6.58. The maximum Gasteiger partial charge on any atom is 0.461 e. The molecule has 0 fully saturated rings. The number of alkyl halides is 7. The van der Waals surface area contributed by atoms with Gasteiger partial charge in [-0.3, -0.25) is 0 Å². The Balaban J connectivity index is 1.95. The fourth-order valence-corrected chi connectivity index (χ4v) is 3.13. The van der Waals surface area contributed by atoms with E-state index in [9.17, 15) is 35.8 Å². The number of ether oxygens (including phenoxy) is 2. The first-order valence-electron chi connectivity index (χ1n) is 10.3. The summed E-state index contributed by atoms with van der Waals surface area (Å²) in [7, 11) is 0. The molecule has 3 N–H and O–H groups in total. The second-order valence-electron chi connectivity index (χ2n) is 7.89. The standard InChI is InChI=1S/C24H21F7N2O3/c1-22(34,24(29,30)31)33(14-15-4-2-7-20(12-15)36-23(27,28)21(25)26)17-5-3-6-19(13-17)35-18-10-8-16(32)9-11-18/h2-13,21,34H,14,32H2,1H3. The molecule has 0 spiro atoms. The van der Waals surface area contributed by atoms with Crippen LogP contribution in [0.1, 0.15) is 12.5 Å². The van der Waals surface area contributed by atoms with Gasteiger partial charge >= 0.3 is 18.7 Å². The van der Waals surface area contributed by atoms with Crippen molar-refractivity contribution in [2.24, 2.45) is 0 Å². The van der Waals surface area contributed by atoms with Gasteiger partial charge in [0, 0.05) is 24.0 Å². The highest BCUT2D eigenvalue weighted by molar-refractivity contribution is 5.54. The number of hydrogen-bond donors (Lipinski definition) is 2. The number of aliphatic hydroxyl groups is 1. The van der Waals surface area contributed by atoms with Crippen LogP contribution < -0.4 is 20.1 Å². The SMILES string of the molecule is CC(O)(N(Cc1cccc(OC(F)(F)C(F)F)c1)c1cccc(Oc2ccc(N)cc2)c1)C(F)(F)F. The first-order chi connectivity index (χ1) is 16.7. The summed E-state index contributed by atoms with van der Waals surface area (Å²) in [5.74, 6) is -0.209. The van der Waals surface area contributed by atoms with E-state index in [2.05, 4.69) is 4.74 Å². The molecule has 0 aliphatic rings. The molecule has 0 aliphatic heterocycles. The average Bonchev–Trinajstić information content (AvgIpc) is 2.78. The molecule has 0 radical (unpaired) electrons. The lowest BCUT2D eigenvalue weighted by Gasteiger charge is -2.40. The zero-order chi connectivity index (χ0) is 26.7. The van der Waals surface area contributed by atoms with Crippen molar-refractivity contribution in [2.75, 3.05) is 10.6 Å². The van der Waals surface area contributed by atoms with Gasteiger partial charge in [-0.15, -0.1) is 0 Å². The molecule has 0 bridgehead atoms. The summed E-state index contributed by atoms with van der Waals surface area (Å²) in [4.78, 5) is 0.563. The van der Waals surface area contributed by atoms with E-state index in [-0.39, 0.29) is 17.0 Å². The van der Waals surface area contributed by atoms with Gasteiger partial charge in [0.1, 0.15) is 17.2 Å². The van der Waals surface area contributed by atoms with Crippen LogP contribution in [0.2, 0.25) is 0 Å². The van der Waals surface area contributed by atoms with Gasteiger partial charge in [-0.2, -0.15) is 30.7 Å². The minimum Gasteiger partial charge on any atom is -0.457 e. The largest absolute Gasteiger partial charge is 0.461 e. The van der Waals surface area contributed by atoms with E-state index in [1.807, 2.05) is 0 Å². The number of nitrogens with two attached hydrogens (primary N) is 1. The van der Waals surface area contributed by atoms with Crippen LogP contribution in [0.5, 0.6) is 17.2 Å². The molecule has 3 rings (SSSR count). The molecular formula is C24H21F7N2O3. The fourth-order valence-electron chi connectivity index (χ4n) is 3.13. The van der Waals surface area contributed by atoms with Crippen molar-refractivity contribution in [3.63, 3.8) is 0 Å². The Bertz CT molecular complexity index is 1170. The maximum absolute atomic E-state index is 13.8. The van der Waals surface area contributed by atoms with Crippen LogP contribution in [-0.4, -0.2) is 29.5 Å². The lowest BCUT2D eigenvalue weighted by molar-refractivity contribution is -0.253. The molecule has 0 saturated carbocycles. The van der Waals surface area contributed by atoms with E-state index < -0.39 is 36.7 Å². The Labute approximate surface area is 201 Å². The highest BCUT2D eigenvalue weighted by atomic mass is 19.4. The molecule has 5 nitrogen and oxygen atoms in total. The minimum absolute atomic E-state index is 0.0352. The number of nitrogen functional groups attached to an aromatic ring is 1. The van der Waals surface area contributed by atoms with Gasteiger partial charge in [0.15, 0.2) is 0 Å². The number of hydrogen-bond acceptors (Lipinski definition) is 5. The number of rotatable bonds is 9. The number of nitrogens with zero attached hydrogens (tertiary/aromatic N) is 1. The molecule has 3 aromatic rings. The van der Waals surface area contributed by atoms with E-state index in [0.29, 0.717) is 23.3 Å². The van der Waals surface area contributed by atoms with E-state index in [4.69, 9.17) is 10.5 Å². The third kappa shape index (κ3) is 6.30. The Kier molecular flexibility index (Phi) is 7.58. The van der Waals surface area contributed by atoms with Crippen LogP contribution >= 0.6 is 0 Å². The zero-order valence-corrected chi connectivity index (χ0v) is 18.6. The van der Waals surface area contributed by atoms with E-state index in [1.54, 1.807) is 24.3 Å². The Morgan fingerprint density at radius 3 is 2.08 bits per heavy atom. The quantitative estimate of drug-likeness (QED) is 0.190.